The summed E-state index contributed by atoms with van der Waals surface area (Å²) in [5, 5.41) is 9.85. The third-order valence-corrected chi connectivity index (χ3v) is 6.23. The lowest BCUT2D eigenvalue weighted by Crippen LogP contribution is -2.33. The number of methoxy groups -OCH3 is 2. The highest BCUT2D eigenvalue weighted by Gasteiger charge is 2.26. The number of carbonyl (C=O) groups is 1. The van der Waals surface area contributed by atoms with Gasteiger partial charge in [0, 0.05) is 43.5 Å². The number of β-amino-alcohol motifs (C(OH)–C–C–N with tert-alkyl or cyclic N) is 1. The van der Waals surface area contributed by atoms with E-state index in [9.17, 15) is 9.90 Å². The fourth-order valence-corrected chi connectivity index (χ4v) is 4.55. The molecule has 0 spiro atoms. The van der Waals surface area contributed by atoms with Crippen molar-refractivity contribution in [3.8, 4) is 11.5 Å². The molecule has 2 aromatic rings. The molecule has 1 amide bonds. The molecule has 0 aliphatic carbocycles. The zero-order valence-corrected chi connectivity index (χ0v) is 18.6. The van der Waals surface area contributed by atoms with Crippen molar-refractivity contribution in [2.24, 2.45) is 0 Å². The van der Waals surface area contributed by atoms with Crippen LogP contribution in [0.2, 0.25) is 0 Å². The molecule has 0 bridgehead atoms. The Morgan fingerprint density at radius 2 is 1.77 bits per heavy atom. The zero-order chi connectivity index (χ0) is 22.1. The third-order valence-electron chi connectivity index (χ3n) is 6.23. The summed E-state index contributed by atoms with van der Waals surface area (Å²) in [6, 6.07) is 12.4. The first-order chi connectivity index (χ1) is 14.9. The minimum absolute atomic E-state index is 0.0133. The van der Waals surface area contributed by atoms with Gasteiger partial charge in [-0.1, -0.05) is 12.1 Å². The van der Waals surface area contributed by atoms with Gasteiger partial charge < -0.3 is 24.4 Å². The summed E-state index contributed by atoms with van der Waals surface area (Å²) >= 11 is 0. The molecular formula is C25H30N2O4. The van der Waals surface area contributed by atoms with Crippen LogP contribution in [0.15, 0.2) is 42.6 Å². The number of fused-ring (bicyclic) bond motifs is 1. The number of aliphatic hydroxyl groups excluding tert-OH is 1. The maximum atomic E-state index is 12.4. The Morgan fingerprint density at radius 3 is 2.35 bits per heavy atom. The average molecular weight is 423 g/mol. The van der Waals surface area contributed by atoms with Gasteiger partial charge in [0.05, 0.1) is 20.3 Å². The van der Waals surface area contributed by atoms with Crippen molar-refractivity contribution in [2.45, 2.75) is 38.8 Å². The number of hydrogen-bond acceptors (Lipinski definition) is 5. The Hall–Kier alpha value is -2.99. The van der Waals surface area contributed by atoms with Crippen molar-refractivity contribution in [1.82, 2.24) is 4.90 Å². The van der Waals surface area contributed by atoms with E-state index in [1.807, 2.05) is 18.3 Å². The molecular weight excluding hydrogens is 392 g/mol. The van der Waals surface area contributed by atoms with E-state index in [0.717, 1.165) is 47.3 Å². The number of hydrogen-bond donors (Lipinski definition) is 1. The van der Waals surface area contributed by atoms with Gasteiger partial charge >= 0.3 is 0 Å². The topological polar surface area (TPSA) is 62.2 Å². The quantitative estimate of drug-likeness (QED) is 0.818. The Kier molecular flexibility index (Phi) is 5.92. The molecule has 0 radical (unpaired) electrons. The Bertz CT molecular complexity index is 999. The Labute approximate surface area is 183 Å². The van der Waals surface area contributed by atoms with Crippen molar-refractivity contribution >= 4 is 17.2 Å². The molecule has 2 atom stereocenters. The van der Waals surface area contributed by atoms with Crippen LogP contribution in [0, 0.1) is 0 Å². The molecule has 1 saturated heterocycles. The van der Waals surface area contributed by atoms with E-state index in [4.69, 9.17) is 9.47 Å². The summed E-state index contributed by atoms with van der Waals surface area (Å²) in [7, 11) is 3.27. The van der Waals surface area contributed by atoms with Gasteiger partial charge in [0.15, 0.2) is 11.5 Å². The molecule has 164 valence electrons. The minimum atomic E-state index is -0.260. The van der Waals surface area contributed by atoms with E-state index < -0.39 is 0 Å². The van der Waals surface area contributed by atoms with Gasteiger partial charge in [-0.05, 0) is 60.7 Å². The van der Waals surface area contributed by atoms with Gasteiger partial charge in [0.25, 0.3) is 0 Å². The van der Waals surface area contributed by atoms with Crippen LogP contribution in [-0.2, 0) is 11.2 Å². The monoisotopic (exact) mass is 422 g/mol. The fraction of sp³-hybridized carbons (Fsp3) is 0.400. The number of ether oxygens (including phenoxy) is 2. The molecule has 1 unspecified atom stereocenters. The highest BCUT2D eigenvalue weighted by molar-refractivity contribution is 5.87. The lowest BCUT2D eigenvalue weighted by molar-refractivity contribution is -0.127. The number of aliphatic hydroxyl groups is 1. The average Bonchev–Trinajstić information content (AvgIpc) is 3.14. The molecule has 6 nitrogen and oxygen atoms in total. The van der Waals surface area contributed by atoms with Crippen LogP contribution in [-0.4, -0.2) is 55.4 Å². The highest BCUT2D eigenvalue weighted by atomic mass is 16.5. The molecule has 2 aromatic carbocycles. The molecule has 1 N–H and O–H groups in total. The molecule has 31 heavy (non-hydrogen) atoms. The smallest absolute Gasteiger partial charge is 0.223 e. The van der Waals surface area contributed by atoms with Crippen LogP contribution in [0.5, 0.6) is 11.5 Å². The summed E-state index contributed by atoms with van der Waals surface area (Å²) in [6.45, 7) is 5.18. The molecule has 0 saturated carbocycles. The van der Waals surface area contributed by atoms with Crippen molar-refractivity contribution in [2.75, 3.05) is 32.2 Å². The van der Waals surface area contributed by atoms with E-state index in [-0.39, 0.29) is 18.1 Å². The molecule has 6 heteroatoms. The third kappa shape index (κ3) is 4.12. The van der Waals surface area contributed by atoms with E-state index in [0.29, 0.717) is 18.0 Å². The van der Waals surface area contributed by atoms with Crippen LogP contribution >= 0.6 is 0 Å². The molecule has 2 aliphatic rings. The standard InChI is InChI=1S/C25H30N2O4/c1-16-11-19-12-24(30-3)25(31-4)13-22(19)23(15-27(16)17(2)28)18-5-7-20(8-6-18)26-10-9-21(29)14-26/h5-8,12-13,15-16,21,29H,9-11,14H2,1-4H3/t16?,21-/m0/s1. The lowest BCUT2D eigenvalue weighted by atomic mass is 9.92. The predicted molar refractivity (Wildman–Crippen MR) is 122 cm³/mol. The van der Waals surface area contributed by atoms with Gasteiger partial charge in [0.1, 0.15) is 0 Å². The molecule has 2 heterocycles. The number of anilines is 1. The minimum Gasteiger partial charge on any atom is -0.493 e. The van der Waals surface area contributed by atoms with Crippen LogP contribution in [0.25, 0.3) is 5.57 Å². The fourth-order valence-electron chi connectivity index (χ4n) is 4.55. The second-order valence-electron chi connectivity index (χ2n) is 8.32. The van der Waals surface area contributed by atoms with Gasteiger partial charge in [-0.15, -0.1) is 0 Å². The molecule has 1 fully saturated rings. The first-order valence-electron chi connectivity index (χ1n) is 10.7. The van der Waals surface area contributed by atoms with Crippen LogP contribution < -0.4 is 14.4 Å². The van der Waals surface area contributed by atoms with E-state index in [2.05, 4.69) is 36.1 Å². The van der Waals surface area contributed by atoms with E-state index in [1.54, 1.807) is 26.0 Å². The highest BCUT2D eigenvalue weighted by Crippen LogP contribution is 2.39. The second-order valence-corrected chi connectivity index (χ2v) is 8.32. The van der Waals surface area contributed by atoms with Gasteiger partial charge in [0.2, 0.25) is 5.91 Å². The first-order valence-corrected chi connectivity index (χ1v) is 10.7. The number of nitrogens with zero attached hydrogens (tertiary/aromatic N) is 2. The van der Waals surface area contributed by atoms with Crippen LogP contribution in [0.3, 0.4) is 0 Å². The first kappa shape index (κ1) is 21.2. The number of benzene rings is 2. The normalized spacial score (nSPS) is 20.7. The van der Waals surface area contributed by atoms with Gasteiger partial charge in [-0.3, -0.25) is 4.79 Å². The van der Waals surface area contributed by atoms with Crippen molar-refractivity contribution in [3.05, 3.63) is 59.3 Å². The lowest BCUT2D eigenvalue weighted by Gasteiger charge is -2.23. The number of rotatable bonds is 4. The Balaban J connectivity index is 1.80. The SMILES string of the molecule is COc1cc2c(cc1OC)C(c1ccc(N3CC[C@H](O)C3)cc1)=CN(C(C)=O)C(C)C2. The molecule has 2 aliphatic heterocycles. The maximum Gasteiger partial charge on any atom is 0.223 e. The van der Waals surface area contributed by atoms with Crippen molar-refractivity contribution in [3.63, 3.8) is 0 Å². The number of amides is 1. The second kappa shape index (κ2) is 8.63. The Morgan fingerprint density at radius 1 is 1.10 bits per heavy atom. The predicted octanol–water partition coefficient (Wildman–Crippen LogP) is 3.46. The van der Waals surface area contributed by atoms with E-state index >= 15 is 0 Å². The van der Waals surface area contributed by atoms with Crippen molar-refractivity contribution in [1.29, 1.82) is 0 Å². The molecule has 4 rings (SSSR count). The summed E-state index contributed by atoms with van der Waals surface area (Å²) < 4.78 is 11.1. The van der Waals surface area contributed by atoms with Gasteiger partial charge in [-0.25, -0.2) is 0 Å². The van der Waals surface area contributed by atoms with Crippen molar-refractivity contribution < 1.29 is 19.4 Å². The maximum absolute atomic E-state index is 12.4. The van der Waals surface area contributed by atoms with Gasteiger partial charge in [-0.2, -0.15) is 0 Å². The zero-order valence-electron chi connectivity index (χ0n) is 18.6. The van der Waals surface area contributed by atoms with E-state index in [1.165, 1.54) is 0 Å². The van der Waals surface area contributed by atoms with Crippen LogP contribution in [0.4, 0.5) is 5.69 Å². The summed E-state index contributed by atoms with van der Waals surface area (Å²) in [4.78, 5) is 16.4. The largest absolute Gasteiger partial charge is 0.493 e. The molecule has 0 aromatic heterocycles. The number of carbonyl (C=O) groups excluding carboxylic acids is 1. The summed E-state index contributed by atoms with van der Waals surface area (Å²) in [6.07, 6.45) is 3.22. The summed E-state index contributed by atoms with van der Waals surface area (Å²) in [5.41, 5.74) is 5.25. The van der Waals surface area contributed by atoms with Crippen LogP contribution in [0.1, 0.15) is 37.0 Å². The summed E-state index contributed by atoms with van der Waals surface area (Å²) in [5.74, 6) is 1.37.